The van der Waals surface area contributed by atoms with Gasteiger partial charge in [0, 0.05) is 12.5 Å². The van der Waals surface area contributed by atoms with Gasteiger partial charge in [-0.05, 0) is 30.5 Å². The molecule has 1 N–H and O–H groups in total. The molecule has 6 nitrogen and oxygen atoms in total. The molecule has 0 radical (unpaired) electrons. The van der Waals surface area contributed by atoms with Gasteiger partial charge in [-0.3, -0.25) is 4.79 Å². The fourth-order valence-electron chi connectivity index (χ4n) is 1.50. The standard InChI is InChI=1S/C13H15N3O3S.C2H6/c1-9(17)14-7-8-18-11-5-3-10(4-6-11)12-15-16-13(19-12)20-2;1-2/h3-6H,7-8H2,1-2H3,(H,14,17);1-2H3. The first kappa shape index (κ1) is 18.0. The second kappa shape index (κ2) is 9.83. The summed E-state index contributed by atoms with van der Waals surface area (Å²) in [6.45, 7) is 6.38. The topological polar surface area (TPSA) is 77.3 Å². The van der Waals surface area contributed by atoms with Gasteiger partial charge in [0.15, 0.2) is 0 Å². The zero-order valence-corrected chi connectivity index (χ0v) is 14.1. The third-order valence-corrected chi connectivity index (χ3v) is 2.94. The van der Waals surface area contributed by atoms with Crippen molar-refractivity contribution in [3.63, 3.8) is 0 Å². The number of hydrogen-bond donors (Lipinski definition) is 1. The van der Waals surface area contributed by atoms with E-state index in [-0.39, 0.29) is 5.91 Å². The minimum atomic E-state index is -0.0649. The number of nitrogens with one attached hydrogen (secondary N) is 1. The van der Waals surface area contributed by atoms with Crippen molar-refractivity contribution in [2.24, 2.45) is 0 Å². The quantitative estimate of drug-likeness (QED) is 0.650. The number of aromatic nitrogens is 2. The number of thioether (sulfide) groups is 1. The number of carbonyl (C=O) groups excluding carboxylic acids is 1. The second-order valence-electron chi connectivity index (χ2n) is 3.93. The van der Waals surface area contributed by atoms with Crippen LogP contribution in [0.4, 0.5) is 0 Å². The predicted octanol–water partition coefficient (Wildman–Crippen LogP) is 3.00. The fraction of sp³-hybridized carbons (Fsp3) is 0.400. The molecule has 0 aliphatic rings. The molecule has 0 spiro atoms. The van der Waals surface area contributed by atoms with E-state index in [0.717, 1.165) is 11.3 Å². The molecule has 0 unspecified atom stereocenters. The lowest BCUT2D eigenvalue weighted by molar-refractivity contribution is -0.119. The number of ether oxygens (including phenoxy) is 1. The third kappa shape index (κ3) is 5.77. The lowest BCUT2D eigenvalue weighted by Crippen LogP contribution is -2.25. The highest BCUT2D eigenvalue weighted by molar-refractivity contribution is 7.98. The molecule has 0 atom stereocenters. The van der Waals surface area contributed by atoms with Crippen LogP contribution in [0, 0.1) is 0 Å². The van der Waals surface area contributed by atoms with Gasteiger partial charge in [0.2, 0.25) is 11.8 Å². The summed E-state index contributed by atoms with van der Waals surface area (Å²) in [5.74, 6) is 1.15. The number of carbonyl (C=O) groups is 1. The summed E-state index contributed by atoms with van der Waals surface area (Å²) in [5, 5.41) is 11.0. The van der Waals surface area contributed by atoms with E-state index in [1.165, 1.54) is 18.7 Å². The van der Waals surface area contributed by atoms with Gasteiger partial charge in [0.1, 0.15) is 12.4 Å². The smallest absolute Gasteiger partial charge is 0.276 e. The summed E-state index contributed by atoms with van der Waals surface area (Å²) in [4.78, 5) is 10.7. The number of benzene rings is 1. The number of rotatable bonds is 6. The Bertz CT molecular complexity index is 570. The summed E-state index contributed by atoms with van der Waals surface area (Å²) in [5.41, 5.74) is 0.840. The number of nitrogens with zero attached hydrogens (tertiary/aromatic N) is 2. The first-order chi connectivity index (χ1) is 10.7. The Morgan fingerprint density at radius 3 is 2.50 bits per heavy atom. The van der Waals surface area contributed by atoms with E-state index in [0.29, 0.717) is 24.3 Å². The molecular formula is C15H21N3O3S. The SMILES string of the molecule is CC.CSc1nnc(-c2ccc(OCCNC(C)=O)cc2)o1. The van der Waals surface area contributed by atoms with Crippen LogP contribution in [-0.2, 0) is 4.79 Å². The van der Waals surface area contributed by atoms with Gasteiger partial charge in [0.25, 0.3) is 5.22 Å². The molecule has 0 aliphatic carbocycles. The van der Waals surface area contributed by atoms with E-state index < -0.39 is 0 Å². The molecule has 2 aromatic rings. The van der Waals surface area contributed by atoms with Crippen molar-refractivity contribution < 1.29 is 13.9 Å². The summed E-state index contributed by atoms with van der Waals surface area (Å²) in [6.07, 6.45) is 1.88. The van der Waals surface area contributed by atoms with Gasteiger partial charge < -0.3 is 14.5 Å². The van der Waals surface area contributed by atoms with E-state index in [2.05, 4.69) is 15.5 Å². The number of hydrogen-bond acceptors (Lipinski definition) is 6. The molecule has 2 rings (SSSR count). The van der Waals surface area contributed by atoms with E-state index >= 15 is 0 Å². The minimum absolute atomic E-state index is 0.0649. The van der Waals surface area contributed by atoms with Crippen molar-refractivity contribution in [2.45, 2.75) is 26.0 Å². The van der Waals surface area contributed by atoms with Gasteiger partial charge in [-0.25, -0.2) is 0 Å². The molecule has 22 heavy (non-hydrogen) atoms. The zero-order valence-electron chi connectivity index (χ0n) is 13.3. The fourth-order valence-corrected chi connectivity index (χ4v) is 1.78. The molecule has 7 heteroatoms. The lowest BCUT2D eigenvalue weighted by Gasteiger charge is -2.06. The maximum Gasteiger partial charge on any atom is 0.276 e. The van der Waals surface area contributed by atoms with Crippen LogP contribution in [0.25, 0.3) is 11.5 Å². The average Bonchev–Trinajstić information content (AvgIpc) is 3.03. The summed E-state index contributed by atoms with van der Waals surface area (Å²) < 4.78 is 10.9. The van der Waals surface area contributed by atoms with Crippen molar-refractivity contribution in [2.75, 3.05) is 19.4 Å². The average molecular weight is 323 g/mol. The summed E-state index contributed by atoms with van der Waals surface area (Å²) in [7, 11) is 0. The van der Waals surface area contributed by atoms with Crippen LogP contribution in [-0.4, -0.2) is 35.5 Å². The molecule has 1 aromatic heterocycles. The Labute approximate surface area is 134 Å². The van der Waals surface area contributed by atoms with E-state index in [1.54, 1.807) is 0 Å². The van der Waals surface area contributed by atoms with Crippen molar-refractivity contribution in [3.05, 3.63) is 24.3 Å². The largest absolute Gasteiger partial charge is 0.492 e. The van der Waals surface area contributed by atoms with E-state index in [4.69, 9.17) is 9.15 Å². The predicted molar refractivity (Wildman–Crippen MR) is 87.0 cm³/mol. The second-order valence-corrected chi connectivity index (χ2v) is 4.69. The molecule has 0 fully saturated rings. The Balaban J connectivity index is 0.00000116. The van der Waals surface area contributed by atoms with Gasteiger partial charge in [-0.2, -0.15) is 0 Å². The van der Waals surface area contributed by atoms with Crippen molar-refractivity contribution in [1.82, 2.24) is 15.5 Å². The van der Waals surface area contributed by atoms with E-state index in [9.17, 15) is 4.79 Å². The molecule has 1 aromatic carbocycles. The maximum atomic E-state index is 10.7. The Morgan fingerprint density at radius 2 is 1.95 bits per heavy atom. The summed E-state index contributed by atoms with van der Waals surface area (Å²) in [6, 6.07) is 7.36. The summed E-state index contributed by atoms with van der Waals surface area (Å²) >= 11 is 1.40. The highest BCUT2D eigenvalue weighted by Gasteiger charge is 2.07. The maximum absolute atomic E-state index is 10.7. The third-order valence-electron chi connectivity index (χ3n) is 2.43. The van der Waals surface area contributed by atoms with Gasteiger partial charge in [-0.15, -0.1) is 10.2 Å². The lowest BCUT2D eigenvalue weighted by atomic mass is 10.2. The Morgan fingerprint density at radius 1 is 1.27 bits per heavy atom. The van der Waals surface area contributed by atoms with E-state index in [1.807, 2.05) is 44.4 Å². The first-order valence-corrected chi connectivity index (χ1v) is 8.26. The molecule has 0 saturated carbocycles. The number of amides is 1. The molecule has 0 aliphatic heterocycles. The molecule has 1 amide bonds. The molecule has 0 bridgehead atoms. The molecular weight excluding hydrogens is 302 g/mol. The van der Waals surface area contributed by atoms with Crippen molar-refractivity contribution >= 4 is 17.7 Å². The monoisotopic (exact) mass is 323 g/mol. The Hall–Kier alpha value is -2.02. The highest BCUT2D eigenvalue weighted by Crippen LogP contribution is 2.23. The molecule has 120 valence electrons. The van der Waals surface area contributed by atoms with Crippen LogP contribution >= 0.6 is 11.8 Å². The van der Waals surface area contributed by atoms with Crippen LogP contribution in [0.3, 0.4) is 0 Å². The van der Waals surface area contributed by atoms with Crippen LogP contribution in [0.2, 0.25) is 0 Å². The highest BCUT2D eigenvalue weighted by atomic mass is 32.2. The van der Waals surface area contributed by atoms with Crippen LogP contribution in [0.1, 0.15) is 20.8 Å². The Kier molecular flexibility index (Phi) is 8.06. The van der Waals surface area contributed by atoms with Crippen molar-refractivity contribution in [1.29, 1.82) is 0 Å². The van der Waals surface area contributed by atoms with Crippen LogP contribution in [0.5, 0.6) is 5.75 Å². The molecule has 1 heterocycles. The van der Waals surface area contributed by atoms with Gasteiger partial charge >= 0.3 is 0 Å². The zero-order chi connectivity index (χ0) is 16.4. The van der Waals surface area contributed by atoms with Gasteiger partial charge in [-0.1, -0.05) is 25.6 Å². The normalized spacial score (nSPS) is 9.64. The van der Waals surface area contributed by atoms with Crippen molar-refractivity contribution in [3.8, 4) is 17.2 Å². The molecule has 0 saturated heterocycles. The van der Waals surface area contributed by atoms with Gasteiger partial charge in [0.05, 0.1) is 6.54 Å². The van der Waals surface area contributed by atoms with Crippen LogP contribution in [0.15, 0.2) is 33.9 Å². The first-order valence-electron chi connectivity index (χ1n) is 7.04. The minimum Gasteiger partial charge on any atom is -0.492 e. The van der Waals surface area contributed by atoms with Crippen LogP contribution < -0.4 is 10.1 Å².